The highest BCUT2D eigenvalue weighted by molar-refractivity contribution is 6.63. The van der Waals surface area contributed by atoms with E-state index in [0.717, 1.165) is 5.56 Å². The fraction of sp³-hybridized carbons (Fsp3) is 0.333. The predicted molar refractivity (Wildman–Crippen MR) is 56.1 cm³/mol. The summed E-state index contributed by atoms with van der Waals surface area (Å²) < 4.78 is 3.94. The van der Waals surface area contributed by atoms with E-state index >= 15 is 0 Å². The van der Waals surface area contributed by atoms with Crippen LogP contribution in [0.4, 0.5) is 0 Å². The fourth-order valence-corrected chi connectivity index (χ4v) is 1.46. The number of ether oxygens (including phenoxy) is 1. The topological polar surface area (TPSA) is 9.23 Å². The molecule has 1 aromatic rings. The van der Waals surface area contributed by atoms with E-state index in [4.69, 9.17) is 27.9 Å². The Kier molecular flexibility index (Phi) is 3.80. The first-order chi connectivity index (χ1) is 5.99. The van der Waals surface area contributed by atoms with Crippen LogP contribution in [0.25, 0.3) is 0 Å². The van der Waals surface area contributed by atoms with Crippen LogP contribution in [-0.4, -0.2) is 14.4 Å². The number of halogens is 2. The number of hydrogen-bond acceptors (Lipinski definition) is 1. The zero-order valence-electron chi connectivity index (χ0n) is 7.13. The molecule has 1 aromatic carbocycles. The van der Waals surface area contributed by atoms with Crippen LogP contribution in [0, 0.1) is 0 Å². The molecule has 0 saturated carbocycles. The molecule has 0 aliphatic rings. The summed E-state index contributed by atoms with van der Waals surface area (Å²) >= 11 is 11.3. The number of hydrogen-bond donors (Lipinski definition) is 0. The maximum Gasteiger partial charge on any atom is 0.192 e. The third kappa shape index (κ3) is 4.14. The van der Waals surface area contributed by atoms with E-state index in [2.05, 4.69) is 10.2 Å². The second-order valence-electron chi connectivity index (χ2n) is 2.69. The molecule has 69 valence electrons. The number of alkyl halides is 2. The zero-order chi connectivity index (χ0) is 9.90. The Morgan fingerprint density at radius 2 is 1.85 bits per heavy atom. The largest absolute Gasteiger partial charge is 0.343 e. The SMILES string of the molecule is CC(OC([Si])(Cl)Cl)c1ccccc1. The Morgan fingerprint density at radius 3 is 2.31 bits per heavy atom. The van der Waals surface area contributed by atoms with E-state index in [1.807, 2.05) is 37.3 Å². The second kappa shape index (κ2) is 4.47. The lowest BCUT2D eigenvalue weighted by Gasteiger charge is -2.21. The van der Waals surface area contributed by atoms with Crippen molar-refractivity contribution in [1.29, 1.82) is 0 Å². The highest BCUT2D eigenvalue weighted by atomic mass is 35.5. The first-order valence-electron chi connectivity index (χ1n) is 3.84. The van der Waals surface area contributed by atoms with Crippen molar-refractivity contribution >= 4 is 33.4 Å². The lowest BCUT2D eigenvalue weighted by Crippen LogP contribution is -2.19. The third-order valence-corrected chi connectivity index (χ3v) is 1.89. The first-order valence-corrected chi connectivity index (χ1v) is 5.10. The van der Waals surface area contributed by atoms with Gasteiger partial charge in [-0.05, 0) is 12.5 Å². The van der Waals surface area contributed by atoms with Gasteiger partial charge in [0.15, 0.2) is 4.14 Å². The highest BCUT2D eigenvalue weighted by Gasteiger charge is 2.20. The van der Waals surface area contributed by atoms with Crippen LogP contribution < -0.4 is 0 Å². The molecule has 1 atom stereocenters. The first kappa shape index (κ1) is 11.1. The molecule has 0 aliphatic heterocycles. The van der Waals surface area contributed by atoms with Crippen molar-refractivity contribution in [1.82, 2.24) is 0 Å². The summed E-state index contributed by atoms with van der Waals surface area (Å²) in [6, 6.07) is 9.73. The second-order valence-corrected chi connectivity index (χ2v) is 5.28. The molecule has 0 amide bonds. The Hall–Kier alpha value is -0.0231. The van der Waals surface area contributed by atoms with Crippen molar-refractivity contribution < 1.29 is 4.74 Å². The Balaban J connectivity index is 2.64. The van der Waals surface area contributed by atoms with Gasteiger partial charge >= 0.3 is 0 Å². The van der Waals surface area contributed by atoms with Gasteiger partial charge in [0.25, 0.3) is 0 Å². The van der Waals surface area contributed by atoms with E-state index in [1.165, 1.54) is 0 Å². The molecule has 0 N–H and O–H groups in total. The summed E-state index contributed by atoms with van der Waals surface area (Å²) in [5.41, 5.74) is 1.03. The maximum atomic E-state index is 5.63. The van der Waals surface area contributed by atoms with Crippen LogP contribution in [0.3, 0.4) is 0 Å². The predicted octanol–water partition coefficient (Wildman–Crippen LogP) is 3.02. The minimum Gasteiger partial charge on any atom is -0.343 e. The lowest BCUT2D eigenvalue weighted by molar-refractivity contribution is 0.0599. The molecule has 0 heterocycles. The van der Waals surface area contributed by atoms with Crippen LogP contribution >= 0.6 is 23.2 Å². The molecule has 0 saturated heterocycles. The lowest BCUT2D eigenvalue weighted by atomic mass is 10.1. The molecule has 4 heteroatoms. The van der Waals surface area contributed by atoms with E-state index in [0.29, 0.717) is 0 Å². The van der Waals surface area contributed by atoms with Crippen molar-refractivity contribution in [3.63, 3.8) is 0 Å². The Labute approximate surface area is 91.4 Å². The average molecular weight is 232 g/mol. The van der Waals surface area contributed by atoms with Gasteiger partial charge < -0.3 is 4.74 Å². The summed E-state index contributed by atoms with van der Waals surface area (Å²) in [5, 5.41) is 0. The molecule has 13 heavy (non-hydrogen) atoms. The summed E-state index contributed by atoms with van der Waals surface area (Å²) in [4.78, 5) is 0. The van der Waals surface area contributed by atoms with E-state index in [9.17, 15) is 0 Å². The Morgan fingerprint density at radius 1 is 1.31 bits per heavy atom. The fourth-order valence-electron chi connectivity index (χ4n) is 1.01. The minimum atomic E-state index is -1.32. The van der Waals surface area contributed by atoms with Crippen LogP contribution in [0.2, 0.25) is 0 Å². The van der Waals surface area contributed by atoms with Crippen molar-refractivity contribution in [3.8, 4) is 0 Å². The van der Waals surface area contributed by atoms with Crippen LogP contribution in [-0.2, 0) is 4.74 Å². The van der Waals surface area contributed by atoms with Gasteiger partial charge in [-0.3, -0.25) is 0 Å². The van der Waals surface area contributed by atoms with Crippen molar-refractivity contribution in [2.45, 2.75) is 17.2 Å². The quantitative estimate of drug-likeness (QED) is 0.575. The van der Waals surface area contributed by atoms with Crippen LogP contribution in [0.1, 0.15) is 18.6 Å². The molecular weight excluding hydrogens is 223 g/mol. The zero-order valence-corrected chi connectivity index (χ0v) is 9.64. The molecule has 1 nitrogen and oxygen atoms in total. The van der Waals surface area contributed by atoms with Gasteiger partial charge in [0.2, 0.25) is 0 Å². The number of rotatable bonds is 3. The molecule has 1 rings (SSSR count). The third-order valence-electron chi connectivity index (χ3n) is 1.59. The van der Waals surface area contributed by atoms with Gasteiger partial charge in [-0.25, -0.2) is 0 Å². The van der Waals surface area contributed by atoms with Gasteiger partial charge in [-0.2, -0.15) is 0 Å². The van der Waals surface area contributed by atoms with E-state index in [-0.39, 0.29) is 6.10 Å². The summed E-state index contributed by atoms with van der Waals surface area (Å²) in [6.45, 7) is 1.88. The highest BCUT2D eigenvalue weighted by Crippen LogP contribution is 2.27. The van der Waals surface area contributed by atoms with Crippen molar-refractivity contribution in [3.05, 3.63) is 35.9 Å². The van der Waals surface area contributed by atoms with Gasteiger partial charge in [0.05, 0.1) is 6.10 Å². The van der Waals surface area contributed by atoms with Crippen molar-refractivity contribution in [2.24, 2.45) is 0 Å². The van der Waals surface area contributed by atoms with E-state index < -0.39 is 4.14 Å². The standard InChI is InChI=1S/C9H9Cl2OSi/c1-7(12-9(10,11)13)8-5-3-2-4-6-8/h2-7H,1H3. The van der Waals surface area contributed by atoms with Crippen LogP contribution in [0.15, 0.2) is 30.3 Å². The molecule has 0 aromatic heterocycles. The monoisotopic (exact) mass is 231 g/mol. The molecule has 0 bridgehead atoms. The molecule has 0 spiro atoms. The smallest absolute Gasteiger partial charge is 0.192 e. The molecule has 0 fully saturated rings. The van der Waals surface area contributed by atoms with Gasteiger partial charge in [0, 0.05) is 0 Å². The van der Waals surface area contributed by atoms with Crippen LogP contribution in [0.5, 0.6) is 0 Å². The molecule has 0 aliphatic carbocycles. The molecule has 1 unspecified atom stereocenters. The average Bonchev–Trinajstić information content (AvgIpc) is 2.03. The number of benzene rings is 1. The maximum absolute atomic E-state index is 5.63. The van der Waals surface area contributed by atoms with E-state index in [1.54, 1.807) is 0 Å². The normalized spacial score (nSPS) is 14.2. The summed E-state index contributed by atoms with van der Waals surface area (Å²) in [7, 11) is 3.04. The van der Waals surface area contributed by atoms with Gasteiger partial charge in [0.1, 0.15) is 10.2 Å². The minimum absolute atomic E-state index is 0.145. The summed E-state index contributed by atoms with van der Waals surface area (Å²) in [5.74, 6) is 0. The van der Waals surface area contributed by atoms with Crippen molar-refractivity contribution in [2.75, 3.05) is 0 Å². The molecular formula is C9H9Cl2OSi. The summed E-state index contributed by atoms with van der Waals surface area (Å²) in [6.07, 6.45) is -0.145. The van der Waals surface area contributed by atoms with Gasteiger partial charge in [-0.1, -0.05) is 53.5 Å². The van der Waals surface area contributed by atoms with Gasteiger partial charge in [-0.15, -0.1) is 0 Å². The Bertz CT molecular complexity index is 258. The molecule has 3 radical (unpaired) electrons.